The summed E-state index contributed by atoms with van der Waals surface area (Å²) in [5, 5.41) is 2.99. The number of nitrogens with one attached hydrogen (secondary N) is 1. The van der Waals surface area contributed by atoms with Crippen molar-refractivity contribution in [3.05, 3.63) is 52.5 Å². The first-order valence-electron chi connectivity index (χ1n) is 8.43. The maximum absolute atomic E-state index is 12.2. The fraction of sp³-hybridized carbons (Fsp3) is 0.350. The minimum absolute atomic E-state index is 0.0276. The van der Waals surface area contributed by atoms with E-state index in [1.54, 1.807) is 14.2 Å². The highest BCUT2D eigenvalue weighted by molar-refractivity contribution is 9.10. The number of carbonyl (C=O) groups excluding carboxylic acids is 1. The highest BCUT2D eigenvalue weighted by Crippen LogP contribution is 2.29. The molecular weight excluding hydrogens is 398 g/mol. The second-order valence-corrected chi connectivity index (χ2v) is 6.72. The van der Waals surface area contributed by atoms with Crippen LogP contribution < -0.4 is 19.5 Å². The fourth-order valence-electron chi connectivity index (χ4n) is 2.55. The molecule has 0 radical (unpaired) electrons. The predicted octanol–water partition coefficient (Wildman–Crippen LogP) is 4.50. The van der Waals surface area contributed by atoms with E-state index in [1.165, 1.54) is 0 Å². The van der Waals surface area contributed by atoms with E-state index in [9.17, 15) is 4.79 Å². The smallest absolute Gasteiger partial charge is 0.220 e. The monoisotopic (exact) mass is 421 g/mol. The lowest BCUT2D eigenvalue weighted by Crippen LogP contribution is -2.27. The minimum atomic E-state index is -0.182. The summed E-state index contributed by atoms with van der Waals surface area (Å²) in [5.74, 6) is 2.20. The van der Waals surface area contributed by atoms with E-state index in [0.717, 1.165) is 27.3 Å². The van der Waals surface area contributed by atoms with Crippen LogP contribution >= 0.6 is 15.9 Å². The fourth-order valence-corrected chi connectivity index (χ4v) is 2.93. The topological polar surface area (TPSA) is 56.8 Å². The van der Waals surface area contributed by atoms with Crippen molar-refractivity contribution in [3.63, 3.8) is 0 Å². The molecule has 2 aromatic carbocycles. The van der Waals surface area contributed by atoms with Crippen LogP contribution in [0.25, 0.3) is 0 Å². The summed E-state index contributed by atoms with van der Waals surface area (Å²) in [6, 6.07) is 13.0. The lowest BCUT2D eigenvalue weighted by Gasteiger charge is -2.18. The van der Waals surface area contributed by atoms with Crippen LogP contribution in [0.15, 0.2) is 46.9 Å². The number of halogens is 1. The van der Waals surface area contributed by atoms with Crippen molar-refractivity contribution in [2.24, 2.45) is 0 Å². The van der Waals surface area contributed by atoms with E-state index in [1.807, 2.05) is 49.4 Å². The zero-order chi connectivity index (χ0) is 18.9. The van der Waals surface area contributed by atoms with E-state index in [-0.39, 0.29) is 11.9 Å². The lowest BCUT2D eigenvalue weighted by molar-refractivity contribution is -0.121. The van der Waals surface area contributed by atoms with Gasteiger partial charge < -0.3 is 19.5 Å². The van der Waals surface area contributed by atoms with Gasteiger partial charge in [0.2, 0.25) is 5.91 Å². The first kappa shape index (κ1) is 20.1. The van der Waals surface area contributed by atoms with Crippen LogP contribution in [0.2, 0.25) is 0 Å². The van der Waals surface area contributed by atoms with Crippen LogP contribution in [0.3, 0.4) is 0 Å². The van der Waals surface area contributed by atoms with Crippen LogP contribution in [-0.2, 0) is 4.79 Å². The number of benzene rings is 2. The van der Waals surface area contributed by atoms with Gasteiger partial charge in [0.1, 0.15) is 17.2 Å². The Bertz CT molecular complexity index is 736. The third-order valence-electron chi connectivity index (χ3n) is 3.89. The third kappa shape index (κ3) is 5.95. The normalized spacial score (nSPS) is 11.5. The molecule has 0 unspecified atom stereocenters. The number of methoxy groups -OCH3 is 2. The largest absolute Gasteiger partial charge is 0.497 e. The molecule has 0 aliphatic heterocycles. The number of hydrogen-bond donors (Lipinski definition) is 1. The first-order valence-corrected chi connectivity index (χ1v) is 9.22. The SMILES string of the molecule is COc1ccc(OC)c([C@@H](C)NC(=O)CCCOc2cccc(Br)c2)c1. The maximum atomic E-state index is 12.2. The van der Waals surface area contributed by atoms with Gasteiger partial charge in [0.05, 0.1) is 26.9 Å². The summed E-state index contributed by atoms with van der Waals surface area (Å²) in [4.78, 5) is 12.2. The molecule has 0 heterocycles. The van der Waals surface area contributed by atoms with Gasteiger partial charge in [0, 0.05) is 16.5 Å². The molecule has 0 bridgehead atoms. The molecule has 0 saturated heterocycles. The second-order valence-electron chi connectivity index (χ2n) is 5.81. The molecule has 5 nitrogen and oxygen atoms in total. The van der Waals surface area contributed by atoms with Gasteiger partial charge in [0.15, 0.2) is 0 Å². The van der Waals surface area contributed by atoms with Crippen molar-refractivity contribution in [2.45, 2.75) is 25.8 Å². The number of carbonyl (C=O) groups is 1. The average Bonchev–Trinajstić information content (AvgIpc) is 2.64. The third-order valence-corrected chi connectivity index (χ3v) is 4.39. The Morgan fingerprint density at radius 2 is 1.92 bits per heavy atom. The molecule has 2 aromatic rings. The number of ether oxygens (including phenoxy) is 3. The summed E-state index contributed by atoms with van der Waals surface area (Å²) in [6.45, 7) is 2.41. The van der Waals surface area contributed by atoms with Crippen molar-refractivity contribution in [1.82, 2.24) is 5.32 Å². The number of amides is 1. The van der Waals surface area contributed by atoms with Crippen molar-refractivity contribution in [1.29, 1.82) is 0 Å². The summed E-state index contributed by atoms with van der Waals surface area (Å²) in [6.07, 6.45) is 1.03. The Morgan fingerprint density at radius 1 is 1.12 bits per heavy atom. The Kier molecular flexibility index (Phi) is 7.78. The number of hydrogen-bond acceptors (Lipinski definition) is 4. The van der Waals surface area contributed by atoms with Crippen LogP contribution in [0.4, 0.5) is 0 Å². The van der Waals surface area contributed by atoms with Crippen LogP contribution in [0.5, 0.6) is 17.2 Å². The molecular formula is C20H24BrNO4. The molecule has 26 heavy (non-hydrogen) atoms. The molecule has 1 N–H and O–H groups in total. The van der Waals surface area contributed by atoms with Gasteiger partial charge >= 0.3 is 0 Å². The quantitative estimate of drug-likeness (QED) is 0.605. The summed E-state index contributed by atoms with van der Waals surface area (Å²) in [5.41, 5.74) is 0.880. The molecule has 0 aliphatic rings. The van der Waals surface area contributed by atoms with Gasteiger partial charge in [0.25, 0.3) is 0 Å². The maximum Gasteiger partial charge on any atom is 0.220 e. The summed E-state index contributed by atoms with van der Waals surface area (Å²) in [7, 11) is 3.22. The van der Waals surface area contributed by atoms with Gasteiger partial charge in [-0.3, -0.25) is 4.79 Å². The average molecular weight is 422 g/mol. The molecule has 0 spiro atoms. The van der Waals surface area contributed by atoms with Gasteiger partial charge in [-0.05, 0) is 49.7 Å². The van der Waals surface area contributed by atoms with Crippen molar-refractivity contribution in [2.75, 3.05) is 20.8 Å². The van der Waals surface area contributed by atoms with Gasteiger partial charge in [-0.1, -0.05) is 22.0 Å². The van der Waals surface area contributed by atoms with Crippen molar-refractivity contribution < 1.29 is 19.0 Å². The predicted molar refractivity (Wildman–Crippen MR) is 105 cm³/mol. The van der Waals surface area contributed by atoms with Crippen LogP contribution in [0, 0.1) is 0 Å². The molecule has 140 valence electrons. The van der Waals surface area contributed by atoms with E-state index < -0.39 is 0 Å². The van der Waals surface area contributed by atoms with Crippen LogP contribution in [-0.4, -0.2) is 26.7 Å². The Morgan fingerprint density at radius 3 is 2.62 bits per heavy atom. The highest BCUT2D eigenvalue weighted by Gasteiger charge is 2.15. The molecule has 2 rings (SSSR count). The van der Waals surface area contributed by atoms with Crippen molar-refractivity contribution in [3.8, 4) is 17.2 Å². The Balaban J connectivity index is 1.82. The van der Waals surface area contributed by atoms with E-state index >= 15 is 0 Å². The molecule has 6 heteroatoms. The zero-order valence-electron chi connectivity index (χ0n) is 15.3. The number of rotatable bonds is 9. The highest BCUT2D eigenvalue weighted by atomic mass is 79.9. The molecule has 0 aliphatic carbocycles. The first-order chi connectivity index (χ1) is 12.5. The molecule has 0 fully saturated rings. The zero-order valence-corrected chi connectivity index (χ0v) is 16.8. The van der Waals surface area contributed by atoms with Gasteiger partial charge in [-0.15, -0.1) is 0 Å². The minimum Gasteiger partial charge on any atom is -0.497 e. The van der Waals surface area contributed by atoms with E-state index in [0.29, 0.717) is 19.4 Å². The van der Waals surface area contributed by atoms with Gasteiger partial charge in [-0.2, -0.15) is 0 Å². The Hall–Kier alpha value is -2.21. The summed E-state index contributed by atoms with van der Waals surface area (Å²) >= 11 is 3.40. The molecule has 1 amide bonds. The van der Waals surface area contributed by atoms with E-state index in [2.05, 4.69) is 21.2 Å². The Labute approximate surface area is 162 Å². The van der Waals surface area contributed by atoms with Gasteiger partial charge in [-0.25, -0.2) is 0 Å². The van der Waals surface area contributed by atoms with Crippen LogP contribution in [0.1, 0.15) is 31.4 Å². The van der Waals surface area contributed by atoms with E-state index in [4.69, 9.17) is 14.2 Å². The molecule has 1 atom stereocenters. The molecule has 0 aromatic heterocycles. The molecule has 0 saturated carbocycles. The standard InChI is InChI=1S/C20H24BrNO4/c1-14(18-13-16(24-2)9-10-19(18)25-3)22-20(23)8-5-11-26-17-7-4-6-15(21)12-17/h4,6-7,9-10,12-14H,5,8,11H2,1-3H3,(H,22,23)/t14-/m1/s1. The summed E-state index contributed by atoms with van der Waals surface area (Å²) < 4.78 is 17.2. The second kappa shape index (κ2) is 10.1. The van der Waals surface area contributed by atoms with Crippen molar-refractivity contribution >= 4 is 21.8 Å². The lowest BCUT2D eigenvalue weighted by atomic mass is 10.1.